The van der Waals surface area contributed by atoms with E-state index in [0.717, 1.165) is 12.1 Å². The van der Waals surface area contributed by atoms with Gasteiger partial charge in [0.15, 0.2) is 0 Å². The Labute approximate surface area is 94.1 Å². The van der Waals surface area contributed by atoms with E-state index in [1.54, 1.807) is 12.4 Å². The zero-order valence-electron chi connectivity index (χ0n) is 8.40. The van der Waals surface area contributed by atoms with Crippen molar-refractivity contribution in [1.29, 1.82) is 0 Å². The predicted octanol–water partition coefficient (Wildman–Crippen LogP) is 1.67. The Kier molecular flexibility index (Phi) is 3.21. The Morgan fingerprint density at radius 1 is 1.47 bits per heavy atom. The molecule has 2 heterocycles. The van der Waals surface area contributed by atoms with Crippen LogP contribution in [0, 0.1) is 5.92 Å². The van der Waals surface area contributed by atoms with Crippen LogP contribution in [-0.2, 0) is 11.3 Å². The van der Waals surface area contributed by atoms with Crippen LogP contribution in [0.15, 0.2) is 24.5 Å². The van der Waals surface area contributed by atoms with E-state index in [-0.39, 0.29) is 5.91 Å². The van der Waals surface area contributed by atoms with Crippen molar-refractivity contribution in [3.63, 3.8) is 0 Å². The average molecular weight is 225 g/mol. The molecule has 80 valence electrons. The van der Waals surface area contributed by atoms with Gasteiger partial charge >= 0.3 is 0 Å². The van der Waals surface area contributed by atoms with Gasteiger partial charge in [-0.1, -0.05) is 0 Å². The number of alkyl halides is 1. The topological polar surface area (TPSA) is 33.2 Å². The lowest BCUT2D eigenvalue weighted by Crippen LogP contribution is -2.24. The number of hydrogen-bond donors (Lipinski definition) is 0. The summed E-state index contributed by atoms with van der Waals surface area (Å²) in [7, 11) is 0. The second-order valence-electron chi connectivity index (χ2n) is 3.85. The van der Waals surface area contributed by atoms with Crippen LogP contribution >= 0.6 is 11.6 Å². The molecular weight excluding hydrogens is 212 g/mol. The van der Waals surface area contributed by atoms with Crippen LogP contribution in [0.3, 0.4) is 0 Å². The zero-order chi connectivity index (χ0) is 10.7. The van der Waals surface area contributed by atoms with Crippen LogP contribution < -0.4 is 0 Å². The summed E-state index contributed by atoms with van der Waals surface area (Å²) in [5.74, 6) is 1.09. The number of halogens is 1. The minimum absolute atomic E-state index is 0.206. The van der Waals surface area contributed by atoms with E-state index in [0.29, 0.717) is 24.8 Å². The molecule has 1 aromatic heterocycles. The van der Waals surface area contributed by atoms with Gasteiger partial charge in [0.2, 0.25) is 5.91 Å². The molecule has 15 heavy (non-hydrogen) atoms. The van der Waals surface area contributed by atoms with Gasteiger partial charge in [0.1, 0.15) is 0 Å². The van der Waals surface area contributed by atoms with Gasteiger partial charge in [0, 0.05) is 37.8 Å². The molecule has 1 atom stereocenters. The van der Waals surface area contributed by atoms with Crippen molar-refractivity contribution < 1.29 is 4.79 Å². The maximum atomic E-state index is 11.6. The maximum Gasteiger partial charge on any atom is 0.223 e. The fourth-order valence-corrected chi connectivity index (χ4v) is 2.03. The number of rotatable bonds is 3. The van der Waals surface area contributed by atoms with E-state index >= 15 is 0 Å². The number of likely N-dealkylation sites (tertiary alicyclic amines) is 1. The molecule has 1 fully saturated rings. The average Bonchev–Trinajstić information content (AvgIpc) is 2.61. The summed E-state index contributed by atoms with van der Waals surface area (Å²) in [5.41, 5.74) is 1.12. The van der Waals surface area contributed by atoms with Gasteiger partial charge in [-0.3, -0.25) is 9.78 Å². The SMILES string of the molecule is O=C1CC(CCl)CN1Cc1ccncc1. The summed E-state index contributed by atoms with van der Waals surface area (Å²) in [6, 6.07) is 3.86. The molecule has 1 unspecified atom stereocenters. The standard InChI is InChI=1S/C11H13ClN2O/c12-6-10-5-11(15)14(8-10)7-9-1-3-13-4-2-9/h1-4,10H,5-8H2. The lowest BCUT2D eigenvalue weighted by Gasteiger charge is -2.15. The lowest BCUT2D eigenvalue weighted by molar-refractivity contribution is -0.128. The van der Waals surface area contributed by atoms with Crippen molar-refractivity contribution in [3.05, 3.63) is 30.1 Å². The summed E-state index contributed by atoms with van der Waals surface area (Å²) in [5, 5.41) is 0. The number of carbonyl (C=O) groups is 1. The predicted molar refractivity (Wildman–Crippen MR) is 58.5 cm³/mol. The molecular formula is C11H13ClN2O. The monoisotopic (exact) mass is 224 g/mol. The third-order valence-corrected chi connectivity index (χ3v) is 3.07. The minimum atomic E-state index is 0.206. The summed E-state index contributed by atoms with van der Waals surface area (Å²) in [6.45, 7) is 1.46. The van der Waals surface area contributed by atoms with Crippen LogP contribution in [0.5, 0.6) is 0 Å². The smallest absolute Gasteiger partial charge is 0.223 e. The van der Waals surface area contributed by atoms with Crippen LogP contribution in [0.1, 0.15) is 12.0 Å². The first kappa shape index (κ1) is 10.4. The first-order valence-corrected chi connectivity index (χ1v) is 5.55. The summed E-state index contributed by atoms with van der Waals surface area (Å²) >= 11 is 5.75. The van der Waals surface area contributed by atoms with Gasteiger partial charge in [-0.25, -0.2) is 0 Å². The van der Waals surface area contributed by atoms with Crippen molar-refractivity contribution in [2.24, 2.45) is 5.92 Å². The molecule has 0 N–H and O–H groups in total. The fourth-order valence-electron chi connectivity index (χ4n) is 1.82. The van der Waals surface area contributed by atoms with Crippen molar-refractivity contribution in [2.75, 3.05) is 12.4 Å². The highest BCUT2D eigenvalue weighted by Crippen LogP contribution is 2.20. The van der Waals surface area contributed by atoms with E-state index < -0.39 is 0 Å². The Balaban J connectivity index is 1.99. The second kappa shape index (κ2) is 4.62. The minimum Gasteiger partial charge on any atom is -0.338 e. The third kappa shape index (κ3) is 2.48. The normalized spacial score (nSPS) is 21.0. The van der Waals surface area contributed by atoms with Crippen molar-refractivity contribution in [1.82, 2.24) is 9.88 Å². The molecule has 0 radical (unpaired) electrons. The fraction of sp³-hybridized carbons (Fsp3) is 0.455. The van der Waals surface area contributed by atoms with Crippen LogP contribution in [-0.4, -0.2) is 28.2 Å². The largest absolute Gasteiger partial charge is 0.338 e. The van der Waals surface area contributed by atoms with Gasteiger partial charge in [-0.2, -0.15) is 0 Å². The van der Waals surface area contributed by atoms with Crippen LogP contribution in [0.4, 0.5) is 0 Å². The van der Waals surface area contributed by atoms with E-state index in [1.165, 1.54) is 0 Å². The molecule has 2 rings (SSSR count). The Morgan fingerprint density at radius 3 is 2.80 bits per heavy atom. The zero-order valence-corrected chi connectivity index (χ0v) is 9.15. The molecule has 0 aromatic carbocycles. The van der Waals surface area contributed by atoms with E-state index in [4.69, 9.17) is 11.6 Å². The van der Waals surface area contributed by atoms with Crippen molar-refractivity contribution >= 4 is 17.5 Å². The van der Waals surface area contributed by atoms with E-state index in [2.05, 4.69) is 4.98 Å². The Hall–Kier alpha value is -1.09. The summed E-state index contributed by atoms with van der Waals surface area (Å²) in [6.07, 6.45) is 4.08. The Bertz CT molecular complexity index is 342. The second-order valence-corrected chi connectivity index (χ2v) is 4.16. The molecule has 1 aliphatic heterocycles. The van der Waals surface area contributed by atoms with Gasteiger partial charge < -0.3 is 4.90 Å². The number of nitrogens with zero attached hydrogens (tertiary/aromatic N) is 2. The quantitative estimate of drug-likeness (QED) is 0.732. The van der Waals surface area contributed by atoms with Gasteiger partial charge in [0.25, 0.3) is 0 Å². The number of aromatic nitrogens is 1. The van der Waals surface area contributed by atoms with E-state index in [9.17, 15) is 4.79 Å². The number of pyridine rings is 1. The first-order valence-electron chi connectivity index (χ1n) is 5.02. The molecule has 3 nitrogen and oxygen atoms in total. The first-order chi connectivity index (χ1) is 7.29. The molecule has 0 bridgehead atoms. The third-order valence-electron chi connectivity index (χ3n) is 2.64. The van der Waals surface area contributed by atoms with Crippen molar-refractivity contribution in [3.8, 4) is 0 Å². The van der Waals surface area contributed by atoms with Crippen LogP contribution in [0.2, 0.25) is 0 Å². The molecule has 1 saturated heterocycles. The molecule has 0 spiro atoms. The lowest BCUT2D eigenvalue weighted by atomic mass is 10.1. The molecule has 1 amide bonds. The number of carbonyl (C=O) groups excluding carboxylic acids is 1. The van der Waals surface area contributed by atoms with Crippen molar-refractivity contribution in [2.45, 2.75) is 13.0 Å². The Morgan fingerprint density at radius 2 is 2.20 bits per heavy atom. The number of amides is 1. The summed E-state index contributed by atoms with van der Waals surface area (Å²) in [4.78, 5) is 17.4. The molecule has 4 heteroatoms. The van der Waals surface area contributed by atoms with E-state index in [1.807, 2.05) is 17.0 Å². The molecule has 1 aliphatic rings. The summed E-state index contributed by atoms with van der Waals surface area (Å²) < 4.78 is 0. The molecule has 0 saturated carbocycles. The molecule has 1 aromatic rings. The molecule has 0 aliphatic carbocycles. The van der Waals surface area contributed by atoms with Gasteiger partial charge in [0.05, 0.1) is 0 Å². The number of hydrogen-bond acceptors (Lipinski definition) is 2. The highest BCUT2D eigenvalue weighted by atomic mass is 35.5. The highest BCUT2D eigenvalue weighted by Gasteiger charge is 2.28. The van der Waals surface area contributed by atoms with Gasteiger partial charge in [-0.15, -0.1) is 11.6 Å². The maximum absolute atomic E-state index is 11.6. The van der Waals surface area contributed by atoms with Crippen LogP contribution in [0.25, 0.3) is 0 Å². The van der Waals surface area contributed by atoms with Gasteiger partial charge in [-0.05, 0) is 23.6 Å². The highest BCUT2D eigenvalue weighted by molar-refractivity contribution is 6.18.